The van der Waals surface area contributed by atoms with Gasteiger partial charge in [0.05, 0.1) is 9.99 Å². The van der Waals surface area contributed by atoms with Crippen molar-refractivity contribution < 1.29 is 19.5 Å². The fourth-order valence-electron chi connectivity index (χ4n) is 8.94. The number of likely N-dealkylation sites (N-methyl/N-ethyl adjacent to an activating group) is 2. The minimum atomic E-state index is -0.451. The number of benzene rings is 2. The van der Waals surface area contributed by atoms with Crippen LogP contribution in [0.25, 0.3) is 11.1 Å². The van der Waals surface area contributed by atoms with Crippen LogP contribution in [0.5, 0.6) is 0 Å². The number of hydrogen-bond acceptors (Lipinski definition) is 2. The number of hydrogen-bond donors (Lipinski definition) is 0. The fourth-order valence-corrected chi connectivity index (χ4v) is 14.9. The number of nitrogens with zero attached hydrogens (tertiary/aromatic N) is 2. The zero-order chi connectivity index (χ0) is 29.6. The summed E-state index contributed by atoms with van der Waals surface area (Å²) in [6.07, 6.45) is 18.1. The summed E-state index contributed by atoms with van der Waals surface area (Å²) in [4.78, 5) is 4.89. The Morgan fingerprint density at radius 1 is 0.727 bits per heavy atom. The molecular formula is C38H47Cl2N2PRu. The van der Waals surface area contributed by atoms with Gasteiger partial charge in [-0.25, -0.2) is 0 Å². The van der Waals surface area contributed by atoms with E-state index < -0.39 is 7.92 Å². The molecule has 1 saturated heterocycles. The molecule has 2 atom stereocenters. The fraction of sp³-hybridized carbons (Fsp3) is 0.526. The second kappa shape index (κ2) is 13.9. The van der Waals surface area contributed by atoms with Crippen LogP contribution in [0.3, 0.4) is 0 Å². The molecule has 3 saturated carbocycles. The molecule has 2 nitrogen and oxygen atoms in total. The van der Waals surface area contributed by atoms with Crippen molar-refractivity contribution >= 4 is 42.3 Å². The molecule has 6 heteroatoms. The van der Waals surface area contributed by atoms with Crippen LogP contribution in [-0.4, -0.2) is 58.3 Å². The molecule has 0 spiro atoms. The standard InChI is InChI=1S/C38H47Cl2N2P.Ru/c1-41-24-25-42(2)37(41)35-34(39)22-23-38(40,43(28-16-8-4-9-17-28)29-18-10-5-11-19-29)36(35)33-26-32(27-14-6-3-7-15-27)30-20-12-13-21-31(30)33;/h3,6-7,12-15,20-21,26,28-29,34H,4-5,8-11,16-19,22-25H2,1-2H3;. The quantitative estimate of drug-likeness (QED) is 0.175. The predicted molar refractivity (Wildman–Crippen MR) is 187 cm³/mol. The molecule has 0 amide bonds. The zero-order valence-corrected chi connectivity index (χ0v) is 30.5. The third-order valence-corrected chi connectivity index (χ3v) is 16.2. The molecule has 44 heavy (non-hydrogen) atoms. The van der Waals surface area contributed by atoms with Gasteiger partial charge in [0.1, 0.15) is 5.82 Å². The second-order valence-electron chi connectivity index (χ2n) is 13.6. The molecular weight excluding hydrogens is 687 g/mol. The van der Waals surface area contributed by atoms with Gasteiger partial charge in [-0.15, -0.1) is 23.2 Å². The van der Waals surface area contributed by atoms with Crippen molar-refractivity contribution in [3.63, 3.8) is 0 Å². The van der Waals surface area contributed by atoms with Crippen LogP contribution >= 0.6 is 31.1 Å². The van der Waals surface area contributed by atoms with Gasteiger partial charge < -0.3 is 9.80 Å². The van der Waals surface area contributed by atoms with Gasteiger partial charge in [0.25, 0.3) is 0 Å². The van der Waals surface area contributed by atoms with Gasteiger partial charge in [0.15, 0.2) is 0 Å². The van der Waals surface area contributed by atoms with Gasteiger partial charge in [-0.2, -0.15) is 0 Å². The van der Waals surface area contributed by atoms with Crippen molar-refractivity contribution in [2.45, 2.75) is 98.4 Å². The third kappa shape index (κ3) is 5.92. The second-order valence-corrected chi connectivity index (χ2v) is 18.1. The Labute approximate surface area is 289 Å². The maximum absolute atomic E-state index is 8.56. The molecule has 7 rings (SSSR count). The van der Waals surface area contributed by atoms with E-state index in [0.717, 1.165) is 37.2 Å². The first-order chi connectivity index (χ1) is 21.0. The largest absolute Gasteiger partial charge is 0.359 e. The summed E-state index contributed by atoms with van der Waals surface area (Å²) < 4.78 is -0.373. The molecule has 2 aromatic rings. The molecule has 2 aromatic carbocycles. The monoisotopic (exact) mass is 734 g/mol. The number of rotatable bonds is 4. The van der Waals surface area contributed by atoms with Crippen LogP contribution in [0.2, 0.25) is 0 Å². The van der Waals surface area contributed by atoms with E-state index in [4.69, 9.17) is 23.2 Å². The minimum Gasteiger partial charge on any atom is -0.359 e. The molecule has 0 radical (unpaired) electrons. The van der Waals surface area contributed by atoms with Gasteiger partial charge >= 0.3 is 0 Å². The summed E-state index contributed by atoms with van der Waals surface area (Å²) in [5.41, 5.74) is 10.8. The van der Waals surface area contributed by atoms with Crippen molar-refractivity contribution in [1.29, 1.82) is 0 Å². The Kier molecular flexibility index (Phi) is 10.4. The molecule has 0 N–H and O–H groups in total. The smallest absolute Gasteiger partial charge is 0.109 e. The van der Waals surface area contributed by atoms with Gasteiger partial charge in [0, 0.05) is 52.2 Å². The van der Waals surface area contributed by atoms with Crippen molar-refractivity contribution in [1.82, 2.24) is 9.80 Å². The van der Waals surface area contributed by atoms with Gasteiger partial charge in [-0.1, -0.05) is 101 Å². The van der Waals surface area contributed by atoms with Crippen LogP contribution in [0.1, 0.15) is 93.7 Å². The van der Waals surface area contributed by atoms with Gasteiger partial charge in [-0.05, 0) is 89.3 Å². The molecule has 4 fully saturated rings. The summed E-state index contributed by atoms with van der Waals surface area (Å²) in [6.45, 7) is 2.05. The summed E-state index contributed by atoms with van der Waals surface area (Å²) in [5.74, 6) is 1.30. The molecule has 5 aliphatic rings. The molecule has 1 heterocycles. The SMILES string of the molecule is CN1CCN(C)C1=C1C(=C2C=C(c3ccccc3)c3ccccc32)C(Cl)(P(C2CCCCC2)C2CCCCC2)CCC1Cl.[Ru]. The van der Waals surface area contributed by atoms with E-state index in [1.165, 1.54) is 109 Å². The normalized spacial score (nSPS) is 28.4. The summed E-state index contributed by atoms with van der Waals surface area (Å²) in [7, 11) is 4.05. The van der Waals surface area contributed by atoms with E-state index in [-0.39, 0.29) is 29.5 Å². The number of fused-ring (bicyclic) bond motifs is 1. The first kappa shape index (κ1) is 32.8. The molecule has 0 aromatic heterocycles. The average molecular weight is 735 g/mol. The number of allylic oxidation sites excluding steroid dienone is 4. The topological polar surface area (TPSA) is 6.48 Å². The predicted octanol–water partition coefficient (Wildman–Crippen LogP) is 10.5. The average Bonchev–Trinajstić information content (AvgIpc) is 3.59. The maximum Gasteiger partial charge on any atom is 0.109 e. The van der Waals surface area contributed by atoms with E-state index >= 15 is 0 Å². The Morgan fingerprint density at radius 2 is 1.27 bits per heavy atom. The molecule has 0 bridgehead atoms. The molecule has 236 valence electrons. The van der Waals surface area contributed by atoms with Gasteiger partial charge in [0.2, 0.25) is 0 Å². The van der Waals surface area contributed by atoms with Crippen LogP contribution in [0.15, 0.2) is 77.6 Å². The summed E-state index contributed by atoms with van der Waals surface area (Å²) in [5, 5.41) is -0.0386. The van der Waals surface area contributed by atoms with E-state index in [9.17, 15) is 0 Å². The van der Waals surface area contributed by atoms with Crippen LogP contribution in [0, 0.1) is 0 Å². The Hall–Kier alpha value is -1.11. The Morgan fingerprint density at radius 3 is 1.86 bits per heavy atom. The van der Waals surface area contributed by atoms with E-state index in [1.807, 2.05) is 0 Å². The van der Waals surface area contributed by atoms with Gasteiger partial charge in [-0.3, -0.25) is 0 Å². The maximum atomic E-state index is 8.56. The molecule has 1 aliphatic heterocycles. The van der Waals surface area contributed by atoms with Crippen molar-refractivity contribution in [2.75, 3.05) is 27.2 Å². The zero-order valence-electron chi connectivity index (χ0n) is 26.4. The Bertz CT molecular complexity index is 1400. The number of halogens is 2. The summed E-state index contributed by atoms with van der Waals surface area (Å²) >= 11 is 16.1. The molecule has 4 aliphatic carbocycles. The van der Waals surface area contributed by atoms with Crippen LogP contribution in [0.4, 0.5) is 0 Å². The first-order valence-corrected chi connectivity index (χ1v) is 19.2. The van der Waals surface area contributed by atoms with Crippen LogP contribution < -0.4 is 0 Å². The third-order valence-electron chi connectivity index (χ3n) is 10.9. The summed E-state index contributed by atoms with van der Waals surface area (Å²) in [6, 6.07) is 20.0. The minimum absolute atomic E-state index is 0. The van der Waals surface area contributed by atoms with E-state index in [2.05, 4.69) is 84.6 Å². The van der Waals surface area contributed by atoms with Crippen LogP contribution in [-0.2, 0) is 19.5 Å². The first-order valence-electron chi connectivity index (χ1n) is 16.9. The Balaban J connectivity index is 0.00000343. The van der Waals surface area contributed by atoms with Crippen molar-refractivity contribution in [2.24, 2.45) is 0 Å². The molecule has 2 unspecified atom stereocenters. The van der Waals surface area contributed by atoms with Crippen molar-refractivity contribution in [3.05, 3.63) is 94.3 Å². The van der Waals surface area contributed by atoms with E-state index in [0.29, 0.717) is 0 Å². The van der Waals surface area contributed by atoms with Crippen molar-refractivity contribution in [3.8, 4) is 0 Å². The van der Waals surface area contributed by atoms with E-state index in [1.54, 1.807) is 0 Å². The number of alkyl halides is 2.